The molecule has 24 heavy (non-hydrogen) atoms. The maximum absolute atomic E-state index is 11.9. The van der Waals surface area contributed by atoms with Crippen LogP contribution in [0.4, 0.5) is 5.69 Å². The second kappa shape index (κ2) is 6.92. The number of nitro groups is 1. The first-order valence-corrected chi connectivity index (χ1v) is 8.50. The molecular weight excluding hydrogens is 328 g/mol. The van der Waals surface area contributed by atoms with Gasteiger partial charge in [0.2, 0.25) is 0 Å². The van der Waals surface area contributed by atoms with Gasteiger partial charge < -0.3 is 4.42 Å². The highest BCUT2D eigenvalue weighted by molar-refractivity contribution is 7.99. The molecule has 2 aromatic carbocycles. The maximum atomic E-state index is 11.9. The van der Waals surface area contributed by atoms with Crippen molar-refractivity contribution in [2.75, 3.05) is 5.75 Å². The molecule has 0 bridgehead atoms. The average molecular weight is 344 g/mol. The number of aromatic nitrogens is 1. The molecule has 0 radical (unpaired) electrons. The minimum absolute atomic E-state index is 0.0498. The number of aryl methyl sites for hydroxylation is 2. The molecule has 0 spiro atoms. The first-order valence-electron chi connectivity index (χ1n) is 7.52. The summed E-state index contributed by atoms with van der Waals surface area (Å²) in [5, 5.41) is 10.9. The third-order valence-electron chi connectivity index (χ3n) is 3.65. The normalized spacial score (nSPS) is 11.0. The van der Waals surface area contributed by atoms with Crippen LogP contribution in [0.3, 0.4) is 0 Å². The summed E-state index contributed by atoms with van der Waals surface area (Å²) < 4.78 is 6.60. The van der Waals surface area contributed by atoms with Crippen LogP contribution >= 0.6 is 11.8 Å². The summed E-state index contributed by atoms with van der Waals surface area (Å²) in [5.41, 5.74) is 2.00. The Labute approximate surface area is 142 Å². The van der Waals surface area contributed by atoms with Crippen molar-refractivity contribution < 1.29 is 9.34 Å². The number of fused-ring (bicyclic) bond motifs is 1. The molecular formula is C17H16N2O4S. The zero-order chi connectivity index (χ0) is 17.1. The summed E-state index contributed by atoms with van der Waals surface area (Å²) in [5.74, 6) is 0.364. The Kier molecular flexibility index (Phi) is 4.71. The van der Waals surface area contributed by atoms with Crippen LogP contribution in [-0.2, 0) is 6.54 Å². The van der Waals surface area contributed by atoms with Gasteiger partial charge in [-0.05, 0) is 37.3 Å². The highest BCUT2D eigenvalue weighted by Crippen LogP contribution is 2.22. The maximum Gasteiger partial charge on any atom is 0.419 e. The van der Waals surface area contributed by atoms with E-state index < -0.39 is 10.7 Å². The van der Waals surface area contributed by atoms with E-state index in [1.807, 2.05) is 19.1 Å². The van der Waals surface area contributed by atoms with Crippen molar-refractivity contribution in [3.05, 3.63) is 68.7 Å². The van der Waals surface area contributed by atoms with Gasteiger partial charge in [0, 0.05) is 23.6 Å². The Bertz CT molecular complexity index is 945. The van der Waals surface area contributed by atoms with Crippen molar-refractivity contribution in [1.82, 2.24) is 4.57 Å². The van der Waals surface area contributed by atoms with Crippen LogP contribution in [0.25, 0.3) is 11.1 Å². The third kappa shape index (κ3) is 3.51. The quantitative estimate of drug-likeness (QED) is 0.292. The predicted octanol–water partition coefficient (Wildman–Crippen LogP) is 3.99. The fraction of sp³-hybridized carbons (Fsp3) is 0.235. The number of non-ortho nitro benzene ring substituents is 1. The topological polar surface area (TPSA) is 78.3 Å². The first kappa shape index (κ1) is 16.3. The average Bonchev–Trinajstić information content (AvgIpc) is 2.86. The molecule has 0 unspecified atom stereocenters. The Morgan fingerprint density at radius 3 is 2.83 bits per heavy atom. The zero-order valence-corrected chi connectivity index (χ0v) is 13.9. The molecule has 1 aromatic heterocycles. The predicted molar refractivity (Wildman–Crippen MR) is 93.6 cm³/mol. The lowest BCUT2D eigenvalue weighted by Crippen LogP contribution is -2.14. The highest BCUT2D eigenvalue weighted by Gasteiger charge is 2.14. The monoisotopic (exact) mass is 344 g/mol. The summed E-state index contributed by atoms with van der Waals surface area (Å²) in [6, 6.07) is 12.4. The Morgan fingerprint density at radius 1 is 1.25 bits per heavy atom. The number of rotatable bonds is 6. The molecule has 7 heteroatoms. The summed E-state index contributed by atoms with van der Waals surface area (Å²) in [6.45, 7) is 2.51. The molecule has 0 fully saturated rings. The van der Waals surface area contributed by atoms with Gasteiger partial charge in [-0.25, -0.2) is 4.79 Å². The van der Waals surface area contributed by atoms with Gasteiger partial charge in [0.15, 0.2) is 5.58 Å². The molecule has 0 aliphatic heterocycles. The molecule has 0 saturated heterocycles. The second-order valence-electron chi connectivity index (χ2n) is 5.45. The van der Waals surface area contributed by atoms with Crippen LogP contribution < -0.4 is 5.76 Å². The summed E-state index contributed by atoms with van der Waals surface area (Å²) in [7, 11) is 0. The number of hydrogen-bond donors (Lipinski definition) is 0. The Balaban J connectivity index is 1.70. The smallest absolute Gasteiger partial charge is 0.408 e. The van der Waals surface area contributed by atoms with Gasteiger partial charge >= 0.3 is 5.76 Å². The van der Waals surface area contributed by atoms with Gasteiger partial charge in [0.05, 0.1) is 10.4 Å². The van der Waals surface area contributed by atoms with Gasteiger partial charge in [-0.1, -0.05) is 17.7 Å². The fourth-order valence-corrected chi connectivity index (χ4v) is 3.45. The summed E-state index contributed by atoms with van der Waals surface area (Å²) in [4.78, 5) is 23.6. The van der Waals surface area contributed by atoms with E-state index >= 15 is 0 Å². The van der Waals surface area contributed by atoms with Gasteiger partial charge in [0.1, 0.15) is 0 Å². The van der Waals surface area contributed by atoms with Crippen molar-refractivity contribution in [3.63, 3.8) is 0 Å². The lowest BCUT2D eigenvalue weighted by Gasteiger charge is -2.04. The van der Waals surface area contributed by atoms with E-state index in [-0.39, 0.29) is 5.69 Å². The summed E-state index contributed by atoms with van der Waals surface area (Å²) in [6.07, 6.45) is 0.760. The minimum atomic E-state index is -0.481. The molecule has 3 rings (SSSR count). The molecule has 0 aliphatic rings. The molecule has 0 aliphatic carbocycles. The Morgan fingerprint density at radius 2 is 2.08 bits per heavy atom. The zero-order valence-electron chi connectivity index (χ0n) is 13.1. The van der Waals surface area contributed by atoms with Gasteiger partial charge in [-0.2, -0.15) is 0 Å². The third-order valence-corrected chi connectivity index (χ3v) is 4.73. The SMILES string of the molecule is Cc1cccc(SCCCn2c(=O)oc3ccc([N+](=O)[O-])cc32)c1. The number of oxazole rings is 1. The second-order valence-corrected chi connectivity index (χ2v) is 6.62. The van der Waals surface area contributed by atoms with Crippen molar-refractivity contribution in [2.45, 2.75) is 24.8 Å². The number of hydrogen-bond acceptors (Lipinski definition) is 5. The molecule has 0 amide bonds. The highest BCUT2D eigenvalue weighted by atomic mass is 32.2. The van der Waals surface area contributed by atoms with Crippen LogP contribution in [0, 0.1) is 17.0 Å². The molecule has 124 valence electrons. The van der Waals surface area contributed by atoms with Crippen LogP contribution in [0.1, 0.15) is 12.0 Å². The summed E-state index contributed by atoms with van der Waals surface area (Å²) >= 11 is 1.72. The molecule has 0 saturated carbocycles. The van der Waals surface area contributed by atoms with Crippen molar-refractivity contribution in [1.29, 1.82) is 0 Å². The van der Waals surface area contributed by atoms with Crippen LogP contribution in [0.15, 0.2) is 56.6 Å². The van der Waals surface area contributed by atoms with Gasteiger partial charge in [-0.15, -0.1) is 11.8 Å². The number of thioether (sulfide) groups is 1. The molecule has 3 aromatic rings. The van der Waals surface area contributed by atoms with Crippen LogP contribution in [0.5, 0.6) is 0 Å². The molecule has 6 nitrogen and oxygen atoms in total. The van der Waals surface area contributed by atoms with E-state index in [9.17, 15) is 14.9 Å². The van der Waals surface area contributed by atoms with E-state index in [4.69, 9.17) is 4.42 Å². The minimum Gasteiger partial charge on any atom is -0.408 e. The van der Waals surface area contributed by atoms with Crippen molar-refractivity contribution >= 4 is 28.5 Å². The fourth-order valence-electron chi connectivity index (χ4n) is 2.49. The number of nitro benzene ring substituents is 1. The molecule has 1 heterocycles. The van der Waals surface area contributed by atoms with Crippen molar-refractivity contribution in [3.8, 4) is 0 Å². The van der Waals surface area contributed by atoms with E-state index in [1.165, 1.54) is 33.2 Å². The van der Waals surface area contributed by atoms with Crippen molar-refractivity contribution in [2.24, 2.45) is 0 Å². The van der Waals surface area contributed by atoms with Crippen LogP contribution in [-0.4, -0.2) is 15.2 Å². The standard InChI is InChI=1S/C17H16N2O4S/c1-12-4-2-5-14(10-12)24-9-3-8-18-15-11-13(19(21)22)6-7-16(15)23-17(18)20/h2,4-7,10-11H,3,8-9H2,1H3. The van der Waals surface area contributed by atoms with E-state index in [1.54, 1.807) is 11.8 Å². The van der Waals surface area contributed by atoms with E-state index in [2.05, 4.69) is 12.1 Å². The van der Waals surface area contributed by atoms with Gasteiger partial charge in [0.25, 0.3) is 5.69 Å². The largest absolute Gasteiger partial charge is 0.419 e. The Hall–Kier alpha value is -2.54. The van der Waals surface area contributed by atoms with Gasteiger partial charge in [-0.3, -0.25) is 14.7 Å². The molecule has 0 N–H and O–H groups in total. The number of benzene rings is 2. The molecule has 0 atom stereocenters. The van der Waals surface area contributed by atoms with E-state index in [0.717, 1.165) is 12.2 Å². The first-order chi connectivity index (χ1) is 11.5. The lowest BCUT2D eigenvalue weighted by atomic mass is 10.2. The number of nitrogens with zero attached hydrogens (tertiary/aromatic N) is 2. The van der Waals surface area contributed by atoms with E-state index in [0.29, 0.717) is 17.6 Å². The van der Waals surface area contributed by atoms with Crippen LogP contribution in [0.2, 0.25) is 0 Å². The lowest BCUT2D eigenvalue weighted by molar-refractivity contribution is -0.384.